The summed E-state index contributed by atoms with van der Waals surface area (Å²) < 4.78 is 11.1. The number of aliphatic hydroxyl groups is 1. The van der Waals surface area contributed by atoms with Gasteiger partial charge in [0.15, 0.2) is 5.96 Å². The lowest BCUT2D eigenvalue weighted by Gasteiger charge is -2.23. The number of rotatable bonds is 10. The van der Waals surface area contributed by atoms with Gasteiger partial charge in [-0.1, -0.05) is 24.3 Å². The number of benzene rings is 1. The number of aliphatic imine (C=N–C) groups is 1. The fraction of sp³-hybridized carbons (Fsp3) is 0.400. The third kappa shape index (κ3) is 6.73. The van der Waals surface area contributed by atoms with Crippen LogP contribution in [0.25, 0.3) is 0 Å². The molecule has 3 rings (SSSR count). The van der Waals surface area contributed by atoms with Gasteiger partial charge in [0.2, 0.25) is 0 Å². The summed E-state index contributed by atoms with van der Waals surface area (Å²) in [6, 6.07) is 15.9. The van der Waals surface area contributed by atoms with Gasteiger partial charge in [0.05, 0.1) is 25.9 Å². The molecule has 1 unspecified atom stereocenters. The Hall–Kier alpha value is -3.03. The highest BCUT2D eigenvalue weighted by molar-refractivity contribution is 5.79. The Morgan fingerprint density at radius 2 is 1.84 bits per heavy atom. The molecule has 3 aromatic rings. The van der Waals surface area contributed by atoms with Crippen molar-refractivity contribution in [1.82, 2.24) is 15.5 Å². The molecule has 1 atom stereocenters. The highest BCUT2D eigenvalue weighted by Gasteiger charge is 2.27. The standard InChI is InChI=1S/C25H34N4O3/c1-5-26-24(28-18-25(3,30)23-13-12-19(2)32-23)27-15-20-9-6-7-10-21(20)16-29(4)17-22-11-8-14-31-22/h6-14,30H,5,15-18H2,1-4H3,(H2,26,27,28). The summed E-state index contributed by atoms with van der Waals surface area (Å²) in [5.41, 5.74) is 1.24. The molecule has 0 amide bonds. The van der Waals surface area contributed by atoms with Gasteiger partial charge < -0.3 is 24.6 Å². The van der Waals surface area contributed by atoms with Crippen molar-refractivity contribution in [3.8, 4) is 0 Å². The summed E-state index contributed by atoms with van der Waals surface area (Å²) in [7, 11) is 2.08. The molecular formula is C25H34N4O3. The number of guanidine groups is 1. The van der Waals surface area contributed by atoms with Gasteiger partial charge in [-0.25, -0.2) is 4.99 Å². The summed E-state index contributed by atoms with van der Waals surface area (Å²) in [6.07, 6.45) is 1.70. The van der Waals surface area contributed by atoms with Gasteiger partial charge in [0.25, 0.3) is 0 Å². The van der Waals surface area contributed by atoms with E-state index < -0.39 is 5.60 Å². The topological polar surface area (TPSA) is 86.2 Å². The summed E-state index contributed by atoms with van der Waals surface area (Å²) in [5.74, 6) is 2.90. The van der Waals surface area contributed by atoms with E-state index in [0.717, 1.165) is 36.7 Å². The zero-order valence-electron chi connectivity index (χ0n) is 19.4. The molecule has 7 heteroatoms. The van der Waals surface area contributed by atoms with E-state index >= 15 is 0 Å². The van der Waals surface area contributed by atoms with Crippen molar-refractivity contribution in [2.75, 3.05) is 20.1 Å². The average Bonchev–Trinajstić information content (AvgIpc) is 3.43. The Bertz CT molecular complexity index is 992. The van der Waals surface area contributed by atoms with Crippen molar-refractivity contribution in [3.05, 3.63) is 83.2 Å². The molecule has 0 saturated heterocycles. The molecule has 2 aromatic heterocycles. The van der Waals surface area contributed by atoms with Crippen LogP contribution in [-0.2, 0) is 25.2 Å². The number of hydrogen-bond acceptors (Lipinski definition) is 5. The van der Waals surface area contributed by atoms with Gasteiger partial charge >= 0.3 is 0 Å². The zero-order valence-corrected chi connectivity index (χ0v) is 19.4. The Morgan fingerprint density at radius 1 is 1.06 bits per heavy atom. The van der Waals surface area contributed by atoms with Crippen molar-refractivity contribution >= 4 is 5.96 Å². The molecule has 2 heterocycles. The maximum absolute atomic E-state index is 10.8. The van der Waals surface area contributed by atoms with Crippen LogP contribution in [0.2, 0.25) is 0 Å². The predicted molar refractivity (Wildman–Crippen MR) is 126 cm³/mol. The summed E-state index contributed by atoms with van der Waals surface area (Å²) >= 11 is 0. The van der Waals surface area contributed by atoms with Gasteiger partial charge in [0.1, 0.15) is 22.9 Å². The molecule has 32 heavy (non-hydrogen) atoms. The Labute approximate surface area is 190 Å². The van der Waals surface area contributed by atoms with E-state index in [4.69, 9.17) is 13.8 Å². The summed E-state index contributed by atoms with van der Waals surface area (Å²) in [6.45, 7) is 8.68. The Kier molecular flexibility index (Phi) is 8.14. The van der Waals surface area contributed by atoms with Gasteiger partial charge in [-0.05, 0) is 63.2 Å². The van der Waals surface area contributed by atoms with Crippen molar-refractivity contribution in [3.63, 3.8) is 0 Å². The first-order chi connectivity index (χ1) is 15.4. The van der Waals surface area contributed by atoms with Gasteiger partial charge in [-0.2, -0.15) is 0 Å². The van der Waals surface area contributed by atoms with Crippen molar-refractivity contribution in [2.45, 2.75) is 46.0 Å². The third-order valence-corrected chi connectivity index (χ3v) is 5.19. The van der Waals surface area contributed by atoms with Crippen LogP contribution in [0.15, 0.2) is 68.6 Å². The minimum atomic E-state index is -1.14. The molecule has 172 valence electrons. The van der Waals surface area contributed by atoms with Crippen LogP contribution in [-0.4, -0.2) is 36.1 Å². The Balaban J connectivity index is 1.64. The fourth-order valence-corrected chi connectivity index (χ4v) is 3.45. The van der Waals surface area contributed by atoms with Crippen LogP contribution < -0.4 is 10.6 Å². The van der Waals surface area contributed by atoms with Crippen molar-refractivity contribution < 1.29 is 13.9 Å². The lowest BCUT2D eigenvalue weighted by atomic mass is 10.0. The second kappa shape index (κ2) is 11.0. The first kappa shape index (κ1) is 23.6. The van der Waals surface area contributed by atoms with Crippen LogP contribution in [0.1, 0.15) is 42.3 Å². The Morgan fingerprint density at radius 3 is 2.50 bits per heavy atom. The first-order valence-corrected chi connectivity index (χ1v) is 11.0. The molecule has 0 bridgehead atoms. The fourth-order valence-electron chi connectivity index (χ4n) is 3.45. The molecule has 7 nitrogen and oxygen atoms in total. The maximum Gasteiger partial charge on any atom is 0.191 e. The van der Waals surface area contributed by atoms with E-state index in [1.54, 1.807) is 19.3 Å². The number of furan rings is 2. The smallest absolute Gasteiger partial charge is 0.191 e. The van der Waals surface area contributed by atoms with Gasteiger partial charge in [0, 0.05) is 13.1 Å². The van der Waals surface area contributed by atoms with Gasteiger partial charge in [-0.3, -0.25) is 4.90 Å². The highest BCUT2D eigenvalue weighted by atomic mass is 16.4. The third-order valence-electron chi connectivity index (χ3n) is 5.19. The second-order valence-electron chi connectivity index (χ2n) is 8.25. The number of nitrogens with zero attached hydrogens (tertiary/aromatic N) is 2. The van der Waals surface area contributed by atoms with E-state index in [-0.39, 0.29) is 6.54 Å². The van der Waals surface area contributed by atoms with Crippen molar-refractivity contribution in [2.24, 2.45) is 4.99 Å². The molecule has 0 aliphatic heterocycles. The molecule has 0 spiro atoms. The second-order valence-corrected chi connectivity index (χ2v) is 8.25. The molecule has 0 saturated carbocycles. The molecule has 0 aliphatic rings. The van der Waals surface area contributed by atoms with Crippen LogP contribution in [0.5, 0.6) is 0 Å². The maximum atomic E-state index is 10.8. The molecule has 1 aromatic carbocycles. The van der Waals surface area contributed by atoms with Crippen LogP contribution in [0.4, 0.5) is 0 Å². The predicted octanol–water partition coefficient (Wildman–Crippen LogP) is 3.78. The van der Waals surface area contributed by atoms with Gasteiger partial charge in [-0.15, -0.1) is 0 Å². The zero-order chi connectivity index (χ0) is 23.0. The van der Waals surface area contributed by atoms with E-state index in [2.05, 4.69) is 40.8 Å². The largest absolute Gasteiger partial charge is 0.468 e. The number of aryl methyl sites for hydroxylation is 1. The highest BCUT2D eigenvalue weighted by Crippen LogP contribution is 2.22. The summed E-state index contributed by atoms with van der Waals surface area (Å²) in [4.78, 5) is 6.96. The summed E-state index contributed by atoms with van der Waals surface area (Å²) in [5, 5.41) is 17.3. The molecule has 0 aliphatic carbocycles. The van der Waals surface area contributed by atoms with E-state index in [0.29, 0.717) is 18.3 Å². The van der Waals surface area contributed by atoms with E-state index in [9.17, 15) is 5.11 Å². The first-order valence-electron chi connectivity index (χ1n) is 11.0. The number of nitrogens with one attached hydrogen (secondary N) is 2. The van der Waals surface area contributed by atoms with Crippen LogP contribution in [0.3, 0.4) is 0 Å². The average molecular weight is 439 g/mol. The van der Waals surface area contributed by atoms with E-state index in [1.165, 1.54) is 5.56 Å². The number of hydrogen-bond donors (Lipinski definition) is 3. The van der Waals surface area contributed by atoms with Crippen molar-refractivity contribution in [1.29, 1.82) is 0 Å². The quantitative estimate of drug-likeness (QED) is 0.330. The minimum Gasteiger partial charge on any atom is -0.468 e. The SMILES string of the molecule is CCNC(=NCc1ccccc1CN(C)Cc1ccco1)NCC(C)(O)c1ccc(C)o1. The lowest BCUT2D eigenvalue weighted by molar-refractivity contribution is 0.0378. The normalized spacial score (nSPS) is 13.9. The van der Waals surface area contributed by atoms with E-state index in [1.807, 2.05) is 38.1 Å². The molecular weight excluding hydrogens is 404 g/mol. The van der Waals surface area contributed by atoms with Crippen LogP contribution >= 0.6 is 0 Å². The molecule has 3 N–H and O–H groups in total. The molecule has 0 radical (unpaired) electrons. The van der Waals surface area contributed by atoms with Crippen LogP contribution in [0, 0.1) is 6.92 Å². The molecule has 0 fully saturated rings. The minimum absolute atomic E-state index is 0.277. The monoisotopic (exact) mass is 438 g/mol. The lowest BCUT2D eigenvalue weighted by Crippen LogP contribution is -2.44.